The van der Waals surface area contributed by atoms with Crippen LogP contribution in [-0.4, -0.2) is 23.2 Å². The van der Waals surface area contributed by atoms with Gasteiger partial charge in [0.05, 0.1) is 12.2 Å². The van der Waals surface area contributed by atoms with Crippen LogP contribution < -0.4 is 0 Å². The fourth-order valence-corrected chi connectivity index (χ4v) is 2.32. The van der Waals surface area contributed by atoms with Crippen LogP contribution in [0.5, 0.6) is 0 Å². The van der Waals surface area contributed by atoms with Crippen LogP contribution in [0.4, 0.5) is 0 Å². The normalized spacial score (nSPS) is 10.6. The monoisotopic (exact) mass is 358 g/mol. The molecule has 1 heterocycles. The standard InChI is InChI=1S/C18H15ClN2O4/c1-23-10-12-3-2-4-14(9-12)18(22)24-11-16-20-17(21-25-16)13-5-7-15(19)8-6-13/h2-9H,10-11H2,1H3. The van der Waals surface area contributed by atoms with Crippen LogP contribution in [0.15, 0.2) is 53.1 Å². The molecule has 128 valence electrons. The molecule has 0 fully saturated rings. The lowest BCUT2D eigenvalue weighted by Crippen LogP contribution is -2.06. The van der Waals surface area contributed by atoms with Gasteiger partial charge in [-0.2, -0.15) is 4.98 Å². The number of rotatable bonds is 6. The minimum absolute atomic E-state index is 0.103. The van der Waals surface area contributed by atoms with Crippen molar-refractivity contribution >= 4 is 17.6 Å². The van der Waals surface area contributed by atoms with Crippen molar-refractivity contribution in [2.45, 2.75) is 13.2 Å². The van der Waals surface area contributed by atoms with Crippen LogP contribution in [0.25, 0.3) is 11.4 Å². The molecule has 0 aliphatic carbocycles. The molecule has 0 saturated carbocycles. The summed E-state index contributed by atoms with van der Waals surface area (Å²) in [6.45, 7) is 0.323. The lowest BCUT2D eigenvalue weighted by atomic mass is 10.1. The summed E-state index contributed by atoms with van der Waals surface area (Å²) in [5.41, 5.74) is 2.09. The Bertz CT molecular complexity index is 862. The Morgan fingerprint density at radius 1 is 1.16 bits per heavy atom. The van der Waals surface area contributed by atoms with Gasteiger partial charge in [-0.3, -0.25) is 0 Å². The molecule has 6 nitrogen and oxygen atoms in total. The molecule has 0 spiro atoms. The van der Waals surface area contributed by atoms with Crippen molar-refractivity contribution in [1.29, 1.82) is 0 Å². The third kappa shape index (κ3) is 4.43. The summed E-state index contributed by atoms with van der Waals surface area (Å²) in [6.07, 6.45) is 0. The second-order valence-corrected chi connectivity index (χ2v) is 5.66. The Morgan fingerprint density at radius 2 is 1.96 bits per heavy atom. The summed E-state index contributed by atoms with van der Waals surface area (Å²) >= 11 is 5.85. The van der Waals surface area contributed by atoms with Gasteiger partial charge in [-0.1, -0.05) is 28.9 Å². The highest BCUT2D eigenvalue weighted by molar-refractivity contribution is 6.30. The van der Waals surface area contributed by atoms with Gasteiger partial charge in [-0.05, 0) is 42.0 Å². The number of halogens is 1. The number of ether oxygens (including phenoxy) is 2. The van der Waals surface area contributed by atoms with Gasteiger partial charge in [0.25, 0.3) is 5.89 Å². The topological polar surface area (TPSA) is 74.5 Å². The van der Waals surface area contributed by atoms with Gasteiger partial charge in [0.1, 0.15) is 0 Å². The van der Waals surface area contributed by atoms with E-state index in [-0.39, 0.29) is 12.5 Å². The smallest absolute Gasteiger partial charge is 0.338 e. The summed E-state index contributed by atoms with van der Waals surface area (Å²) in [4.78, 5) is 16.3. The van der Waals surface area contributed by atoms with E-state index in [9.17, 15) is 4.79 Å². The number of esters is 1. The highest BCUT2D eigenvalue weighted by Crippen LogP contribution is 2.19. The number of benzene rings is 2. The Morgan fingerprint density at radius 3 is 2.72 bits per heavy atom. The van der Waals surface area contributed by atoms with Gasteiger partial charge in [0.15, 0.2) is 6.61 Å². The first-order valence-electron chi connectivity index (χ1n) is 7.49. The van der Waals surface area contributed by atoms with E-state index in [1.165, 1.54) is 0 Å². The first-order chi connectivity index (χ1) is 12.2. The Hall–Kier alpha value is -2.70. The van der Waals surface area contributed by atoms with Crippen molar-refractivity contribution < 1.29 is 18.8 Å². The third-order valence-electron chi connectivity index (χ3n) is 3.37. The molecule has 3 rings (SSSR count). The molecule has 0 saturated heterocycles. The van der Waals surface area contributed by atoms with E-state index in [1.54, 1.807) is 49.6 Å². The third-order valence-corrected chi connectivity index (χ3v) is 3.62. The summed E-state index contributed by atoms with van der Waals surface area (Å²) in [5.74, 6) is 0.153. The summed E-state index contributed by atoms with van der Waals surface area (Å²) in [5, 5.41) is 4.49. The van der Waals surface area contributed by atoms with Crippen LogP contribution in [0.3, 0.4) is 0 Å². The summed E-state index contributed by atoms with van der Waals surface area (Å²) < 4.78 is 15.4. The quantitative estimate of drug-likeness (QED) is 0.622. The predicted molar refractivity (Wildman–Crippen MR) is 91.0 cm³/mol. The molecular weight excluding hydrogens is 344 g/mol. The van der Waals surface area contributed by atoms with Crippen molar-refractivity contribution in [2.75, 3.05) is 7.11 Å². The zero-order valence-electron chi connectivity index (χ0n) is 13.4. The molecule has 3 aromatic rings. The van der Waals surface area contributed by atoms with Crippen LogP contribution in [0.2, 0.25) is 5.02 Å². The van der Waals surface area contributed by atoms with Gasteiger partial charge in [-0.15, -0.1) is 0 Å². The predicted octanol–water partition coefficient (Wildman–Crippen LogP) is 3.89. The number of methoxy groups -OCH3 is 1. The van der Waals surface area contributed by atoms with Gasteiger partial charge in [0, 0.05) is 17.7 Å². The Labute approximate surface area is 149 Å². The molecule has 0 aliphatic rings. The fourth-order valence-electron chi connectivity index (χ4n) is 2.20. The molecule has 2 aromatic carbocycles. The van der Waals surface area contributed by atoms with E-state index >= 15 is 0 Å². The zero-order valence-corrected chi connectivity index (χ0v) is 14.2. The van der Waals surface area contributed by atoms with Gasteiger partial charge < -0.3 is 14.0 Å². The van der Waals surface area contributed by atoms with E-state index < -0.39 is 5.97 Å². The summed E-state index contributed by atoms with van der Waals surface area (Å²) in [7, 11) is 1.60. The maximum absolute atomic E-state index is 12.1. The van der Waals surface area contributed by atoms with E-state index in [4.69, 9.17) is 25.6 Å². The Kier molecular flexibility index (Phi) is 5.42. The lowest BCUT2D eigenvalue weighted by molar-refractivity contribution is 0.0429. The van der Waals surface area contributed by atoms with Crippen molar-refractivity contribution in [2.24, 2.45) is 0 Å². The van der Waals surface area contributed by atoms with E-state index in [2.05, 4.69) is 10.1 Å². The van der Waals surface area contributed by atoms with Gasteiger partial charge in [-0.25, -0.2) is 4.79 Å². The molecule has 0 radical (unpaired) electrons. The second kappa shape index (κ2) is 7.92. The first kappa shape index (κ1) is 17.1. The number of carbonyl (C=O) groups is 1. The molecule has 0 aliphatic heterocycles. The highest BCUT2D eigenvalue weighted by atomic mass is 35.5. The maximum Gasteiger partial charge on any atom is 0.338 e. The largest absolute Gasteiger partial charge is 0.452 e. The average Bonchev–Trinajstić information content (AvgIpc) is 3.10. The van der Waals surface area contributed by atoms with Gasteiger partial charge in [0.2, 0.25) is 5.82 Å². The van der Waals surface area contributed by atoms with Crippen LogP contribution in [0, 0.1) is 0 Å². The maximum atomic E-state index is 12.1. The summed E-state index contributed by atoms with van der Waals surface area (Å²) in [6, 6.07) is 14.1. The fraction of sp³-hybridized carbons (Fsp3) is 0.167. The molecule has 0 amide bonds. The first-order valence-corrected chi connectivity index (χ1v) is 7.87. The number of nitrogens with zero attached hydrogens (tertiary/aromatic N) is 2. The van der Waals surface area contributed by atoms with Crippen LogP contribution in [0.1, 0.15) is 21.8 Å². The molecule has 0 atom stereocenters. The Balaban J connectivity index is 1.63. The molecular formula is C18H15ClN2O4. The van der Waals surface area contributed by atoms with Crippen LogP contribution >= 0.6 is 11.6 Å². The number of aromatic nitrogens is 2. The van der Waals surface area contributed by atoms with E-state index in [1.807, 2.05) is 6.07 Å². The lowest BCUT2D eigenvalue weighted by Gasteiger charge is -2.04. The van der Waals surface area contributed by atoms with Crippen molar-refractivity contribution in [3.05, 3.63) is 70.6 Å². The SMILES string of the molecule is COCc1cccc(C(=O)OCc2nc(-c3ccc(Cl)cc3)no2)c1. The van der Waals surface area contributed by atoms with Crippen molar-refractivity contribution in [1.82, 2.24) is 10.1 Å². The minimum atomic E-state index is -0.468. The molecule has 1 aromatic heterocycles. The average molecular weight is 359 g/mol. The second-order valence-electron chi connectivity index (χ2n) is 5.23. The zero-order chi connectivity index (χ0) is 17.6. The highest BCUT2D eigenvalue weighted by Gasteiger charge is 2.13. The van der Waals surface area contributed by atoms with Crippen molar-refractivity contribution in [3.8, 4) is 11.4 Å². The molecule has 0 bridgehead atoms. The van der Waals surface area contributed by atoms with Crippen molar-refractivity contribution in [3.63, 3.8) is 0 Å². The molecule has 0 unspecified atom stereocenters. The number of hydrogen-bond acceptors (Lipinski definition) is 6. The molecule has 25 heavy (non-hydrogen) atoms. The minimum Gasteiger partial charge on any atom is -0.452 e. The van der Waals surface area contributed by atoms with E-state index in [0.29, 0.717) is 23.0 Å². The molecule has 7 heteroatoms. The number of carbonyl (C=O) groups excluding carboxylic acids is 1. The van der Waals surface area contributed by atoms with Gasteiger partial charge >= 0.3 is 5.97 Å². The van der Waals surface area contributed by atoms with Crippen LogP contribution in [-0.2, 0) is 22.7 Å². The van der Waals surface area contributed by atoms with E-state index in [0.717, 1.165) is 11.1 Å². The number of hydrogen-bond donors (Lipinski definition) is 0. The molecule has 0 N–H and O–H groups in total.